The average Bonchev–Trinajstić information content (AvgIpc) is 1.00. The molecule has 0 saturated carbocycles. The quantitative estimate of drug-likeness (QED) is 0.488. The Morgan fingerprint density at radius 1 is 1.25 bits per heavy atom. The van der Waals surface area contributed by atoms with Gasteiger partial charge < -0.3 is 0 Å². The van der Waals surface area contributed by atoms with Crippen LogP contribution in [0, 0.1) is 0 Å². The van der Waals surface area contributed by atoms with Gasteiger partial charge >= 0.3 is 35.7 Å². The maximum atomic E-state index is 2.04. The van der Waals surface area contributed by atoms with Crippen molar-refractivity contribution in [1.29, 1.82) is 0 Å². The van der Waals surface area contributed by atoms with Crippen LogP contribution in [0.5, 0.6) is 0 Å². The first-order valence-electron chi connectivity index (χ1n) is 0.204. The number of hydrogen-bond acceptors (Lipinski definition) is 0. The van der Waals surface area contributed by atoms with Crippen LogP contribution >= 0.6 is 0 Å². The molecule has 0 aromatic rings. The monoisotopic (exact) mass is 377 g/mol. The Morgan fingerprint density at radius 2 is 1.25 bits per heavy atom. The van der Waals surface area contributed by atoms with Crippen molar-refractivity contribution >= 4 is 35.7 Å². The summed E-state index contributed by atoms with van der Waals surface area (Å²) in [6, 6.07) is 0. The molecule has 0 amide bonds. The van der Waals surface area contributed by atoms with Crippen LogP contribution in [0.2, 0.25) is 0 Å². The zero-order valence-electron chi connectivity index (χ0n) is 1.92. The van der Waals surface area contributed by atoms with E-state index in [2.05, 4.69) is 0 Å². The molecule has 0 aromatic carbocycles. The van der Waals surface area contributed by atoms with Gasteiger partial charge in [-0.3, -0.25) is 0 Å². The summed E-state index contributed by atoms with van der Waals surface area (Å²) in [7, 11) is 0. The maximum Gasteiger partial charge on any atom is 0 e. The second kappa shape index (κ2) is 17.2. The molecule has 0 heterocycles. The van der Waals surface area contributed by atoms with E-state index in [4.69, 9.17) is 0 Å². The van der Waals surface area contributed by atoms with Crippen molar-refractivity contribution in [2.45, 2.75) is 0 Å². The van der Waals surface area contributed by atoms with E-state index >= 15 is 0 Å². The predicted octanol–water partition coefficient (Wildman–Crippen LogP) is -0.767. The molecule has 0 atom stereocenters. The summed E-state index contributed by atoms with van der Waals surface area (Å²) in [6.45, 7) is 0. The van der Waals surface area contributed by atoms with Gasteiger partial charge in [0.2, 0.25) is 0 Å². The molecule has 0 aliphatic carbocycles. The molecule has 0 N–H and O–H groups in total. The molecule has 0 nitrogen and oxygen atoms in total. The minimum atomic E-state index is 0. The van der Waals surface area contributed by atoms with Crippen molar-refractivity contribution in [3.63, 3.8) is 0 Å². The second-order valence-corrected chi connectivity index (χ2v) is 0. The van der Waals surface area contributed by atoms with Crippen LogP contribution in [0.25, 0.3) is 0 Å². The molecule has 4 heteroatoms. The third-order valence-corrected chi connectivity index (χ3v) is 0. The SMILES string of the molecule is [Cu].[Sn]=[Te].[Zn]. The average molecular weight is 375 g/mol. The second-order valence-electron chi connectivity index (χ2n) is 0. The van der Waals surface area contributed by atoms with Gasteiger partial charge in [-0.1, -0.05) is 0 Å². The van der Waals surface area contributed by atoms with Crippen LogP contribution in [-0.4, -0.2) is 35.7 Å². The molecule has 4 heavy (non-hydrogen) atoms. The smallest absolute Gasteiger partial charge is 0 e. The van der Waals surface area contributed by atoms with Gasteiger partial charge in [0.05, 0.1) is 0 Å². The standard InChI is InChI=1S/Cu.Sn.Te.Zn. The molecule has 0 rings (SSSR count). The van der Waals surface area contributed by atoms with Crippen molar-refractivity contribution in [3.05, 3.63) is 0 Å². The van der Waals surface area contributed by atoms with E-state index in [-0.39, 0.29) is 36.5 Å². The van der Waals surface area contributed by atoms with E-state index in [1.807, 2.05) is 17.7 Å². The number of hydrogen-bond donors (Lipinski definition) is 0. The van der Waals surface area contributed by atoms with Crippen molar-refractivity contribution in [3.8, 4) is 0 Å². The number of rotatable bonds is 0. The van der Waals surface area contributed by atoms with E-state index in [9.17, 15) is 0 Å². The first-order chi connectivity index (χ1) is 1.00. The fourth-order valence-electron chi connectivity index (χ4n) is 0. The zero-order chi connectivity index (χ0) is 2.00. The Morgan fingerprint density at radius 3 is 1.25 bits per heavy atom. The molecule has 0 aliphatic heterocycles. The summed E-state index contributed by atoms with van der Waals surface area (Å²) in [4.78, 5) is 0. The van der Waals surface area contributed by atoms with Gasteiger partial charge in [-0.25, -0.2) is 0 Å². The largest absolute Gasteiger partial charge is 0 e. The topological polar surface area (TPSA) is 0 Å². The van der Waals surface area contributed by atoms with Gasteiger partial charge in [0, 0.05) is 36.5 Å². The normalized spacial score (nSPS) is 1.00. The fourth-order valence-corrected chi connectivity index (χ4v) is 0. The van der Waals surface area contributed by atoms with Crippen molar-refractivity contribution in [2.24, 2.45) is 0 Å². The van der Waals surface area contributed by atoms with E-state index in [0.29, 0.717) is 0 Å². The fraction of sp³-hybridized carbons (Fsp3) is 0. The van der Waals surface area contributed by atoms with Crippen LogP contribution in [0.4, 0.5) is 0 Å². The first kappa shape index (κ1) is 15.9. The summed E-state index contributed by atoms with van der Waals surface area (Å²) in [5.41, 5.74) is 0. The van der Waals surface area contributed by atoms with Crippen molar-refractivity contribution in [1.82, 2.24) is 0 Å². The minimum absolute atomic E-state index is 0. The summed E-state index contributed by atoms with van der Waals surface area (Å²) in [5.74, 6) is 0. The molecule has 0 unspecified atom stereocenters. The van der Waals surface area contributed by atoms with Gasteiger partial charge in [0.1, 0.15) is 0 Å². The molecule has 0 spiro atoms. The Kier molecular flexibility index (Phi) is 68.3. The third-order valence-electron chi connectivity index (χ3n) is 0. The molecular formula is CuSnTeZn. The first-order valence-corrected chi connectivity index (χ1v) is 9.19. The van der Waals surface area contributed by atoms with Gasteiger partial charge in [0.25, 0.3) is 0 Å². The van der Waals surface area contributed by atoms with Gasteiger partial charge in [0.15, 0.2) is 0 Å². The predicted molar refractivity (Wildman–Crippen MR) is 11.5 cm³/mol. The molecular weight excluding hydrogens is 375 g/mol. The van der Waals surface area contributed by atoms with Gasteiger partial charge in [-0.2, -0.15) is 0 Å². The Balaban J connectivity index is -0.00000000500. The molecule has 0 aromatic heterocycles. The Labute approximate surface area is 70.9 Å². The summed E-state index contributed by atoms with van der Waals surface area (Å²) in [5, 5.41) is 0. The third kappa shape index (κ3) is 8.83. The van der Waals surface area contributed by atoms with Crippen molar-refractivity contribution in [2.75, 3.05) is 0 Å². The maximum absolute atomic E-state index is 2.04. The minimum Gasteiger partial charge on any atom is 0 e. The van der Waals surface area contributed by atoms with E-state index in [0.717, 1.165) is 0 Å². The summed E-state index contributed by atoms with van der Waals surface area (Å²) < 4.78 is 0. The zero-order valence-corrected chi connectivity index (χ0v) is 11.0. The molecule has 3 radical (unpaired) electrons. The van der Waals surface area contributed by atoms with Gasteiger partial charge in [-0.05, 0) is 0 Å². The molecule has 0 saturated heterocycles. The van der Waals surface area contributed by atoms with E-state index in [1.54, 1.807) is 18.0 Å². The van der Waals surface area contributed by atoms with Gasteiger partial charge in [-0.15, -0.1) is 0 Å². The summed E-state index contributed by atoms with van der Waals surface area (Å²) in [6.07, 6.45) is 0. The van der Waals surface area contributed by atoms with Crippen molar-refractivity contribution < 1.29 is 36.5 Å². The van der Waals surface area contributed by atoms with E-state index < -0.39 is 0 Å². The molecule has 0 bridgehead atoms. The van der Waals surface area contributed by atoms with E-state index in [1.165, 1.54) is 0 Å². The van der Waals surface area contributed by atoms with Crippen LogP contribution < -0.4 is 0 Å². The molecule has 23 valence electrons. The van der Waals surface area contributed by atoms with Crippen LogP contribution in [0.15, 0.2) is 0 Å². The van der Waals surface area contributed by atoms with Crippen LogP contribution in [0.3, 0.4) is 0 Å². The summed E-state index contributed by atoms with van der Waals surface area (Å²) >= 11 is 3.60. The Hall–Kier alpha value is 2.73. The van der Waals surface area contributed by atoms with Crippen LogP contribution in [-0.2, 0) is 36.5 Å². The Bertz CT molecular complexity index is 8.00. The molecule has 0 aliphatic rings. The molecule has 0 fully saturated rings. The van der Waals surface area contributed by atoms with Crippen LogP contribution in [0.1, 0.15) is 0 Å².